The Bertz CT molecular complexity index is 810. The first-order valence-corrected chi connectivity index (χ1v) is 7.86. The van der Waals surface area contributed by atoms with Crippen LogP contribution in [0.4, 0.5) is 10.1 Å². The minimum Gasteiger partial charge on any atom is -0.346 e. The van der Waals surface area contributed by atoms with Gasteiger partial charge in [0.1, 0.15) is 5.82 Å². The molecule has 2 aromatic carbocycles. The SMILES string of the molecule is Cc1ccc(NC(=O)C[C@H](c2cccc(F)c2)n2cccc2)cc1. The Hall–Kier alpha value is -2.88. The van der Waals surface area contributed by atoms with Gasteiger partial charge in [-0.3, -0.25) is 4.79 Å². The lowest BCUT2D eigenvalue weighted by molar-refractivity contribution is -0.116. The molecule has 122 valence electrons. The standard InChI is InChI=1S/C20H19FN2O/c1-15-7-9-18(10-8-15)22-20(24)14-19(23-11-2-3-12-23)16-5-4-6-17(21)13-16/h2-13,19H,14H2,1H3,(H,22,24)/t19-/m1/s1. The van der Waals surface area contributed by atoms with Crippen LogP contribution < -0.4 is 5.32 Å². The number of benzene rings is 2. The Balaban J connectivity index is 1.79. The molecular formula is C20H19FN2O. The summed E-state index contributed by atoms with van der Waals surface area (Å²) in [7, 11) is 0. The van der Waals surface area contributed by atoms with Gasteiger partial charge >= 0.3 is 0 Å². The largest absolute Gasteiger partial charge is 0.346 e. The molecule has 0 bridgehead atoms. The Morgan fingerprint density at radius 2 is 1.79 bits per heavy atom. The van der Waals surface area contributed by atoms with Crippen LogP contribution in [0.2, 0.25) is 0 Å². The van der Waals surface area contributed by atoms with Crippen LogP contribution in [0.3, 0.4) is 0 Å². The first-order valence-electron chi connectivity index (χ1n) is 7.86. The van der Waals surface area contributed by atoms with E-state index in [0.717, 1.165) is 16.8 Å². The van der Waals surface area contributed by atoms with Crippen LogP contribution >= 0.6 is 0 Å². The van der Waals surface area contributed by atoms with Crippen molar-refractivity contribution in [2.45, 2.75) is 19.4 Å². The average molecular weight is 322 g/mol. The molecule has 0 aliphatic heterocycles. The summed E-state index contributed by atoms with van der Waals surface area (Å²) in [5, 5.41) is 2.90. The van der Waals surface area contributed by atoms with Gasteiger partial charge in [0.15, 0.2) is 0 Å². The van der Waals surface area contributed by atoms with Crippen molar-refractivity contribution in [3.8, 4) is 0 Å². The monoisotopic (exact) mass is 322 g/mol. The van der Waals surface area contributed by atoms with E-state index in [4.69, 9.17) is 0 Å². The molecule has 1 amide bonds. The molecule has 0 radical (unpaired) electrons. The number of hydrogen-bond acceptors (Lipinski definition) is 1. The molecule has 3 rings (SSSR count). The zero-order valence-corrected chi connectivity index (χ0v) is 13.4. The molecule has 3 aromatic rings. The molecule has 0 fully saturated rings. The second-order valence-corrected chi connectivity index (χ2v) is 5.82. The van der Waals surface area contributed by atoms with Crippen LogP contribution in [0.25, 0.3) is 0 Å². The molecule has 0 aliphatic carbocycles. The lowest BCUT2D eigenvalue weighted by Crippen LogP contribution is -2.19. The third kappa shape index (κ3) is 3.90. The van der Waals surface area contributed by atoms with Crippen molar-refractivity contribution in [2.24, 2.45) is 0 Å². The quantitative estimate of drug-likeness (QED) is 0.734. The lowest BCUT2D eigenvalue weighted by Gasteiger charge is -2.19. The molecule has 1 N–H and O–H groups in total. The van der Waals surface area contributed by atoms with Gasteiger partial charge in [-0.1, -0.05) is 29.8 Å². The summed E-state index contributed by atoms with van der Waals surface area (Å²) >= 11 is 0. The van der Waals surface area contributed by atoms with Crippen LogP contribution in [0.15, 0.2) is 73.1 Å². The van der Waals surface area contributed by atoms with Crippen molar-refractivity contribution in [3.05, 3.63) is 90.0 Å². The van der Waals surface area contributed by atoms with Gasteiger partial charge in [-0.15, -0.1) is 0 Å². The van der Waals surface area contributed by atoms with E-state index in [1.54, 1.807) is 6.07 Å². The van der Waals surface area contributed by atoms with Gasteiger partial charge in [0.05, 0.1) is 12.5 Å². The predicted octanol–water partition coefficient (Wildman–Crippen LogP) is 4.55. The number of hydrogen-bond donors (Lipinski definition) is 1. The number of nitrogens with one attached hydrogen (secondary N) is 1. The number of carbonyl (C=O) groups excluding carboxylic acids is 1. The molecule has 1 atom stereocenters. The number of amides is 1. The average Bonchev–Trinajstić information content (AvgIpc) is 3.09. The summed E-state index contributed by atoms with van der Waals surface area (Å²) in [6.45, 7) is 2.00. The first kappa shape index (κ1) is 16.0. The highest BCUT2D eigenvalue weighted by atomic mass is 19.1. The number of carbonyl (C=O) groups is 1. The number of rotatable bonds is 5. The fourth-order valence-electron chi connectivity index (χ4n) is 2.69. The molecule has 1 aromatic heterocycles. The number of aryl methyl sites for hydroxylation is 1. The summed E-state index contributed by atoms with van der Waals surface area (Å²) in [6.07, 6.45) is 4.00. The van der Waals surface area contributed by atoms with Gasteiger partial charge in [-0.25, -0.2) is 4.39 Å². The minimum atomic E-state index is -0.302. The van der Waals surface area contributed by atoms with E-state index in [0.29, 0.717) is 0 Å². The van der Waals surface area contributed by atoms with Crippen LogP contribution in [0, 0.1) is 12.7 Å². The van der Waals surface area contributed by atoms with Crippen molar-refractivity contribution in [3.63, 3.8) is 0 Å². The first-order chi connectivity index (χ1) is 11.6. The molecule has 4 heteroatoms. The minimum absolute atomic E-state index is 0.109. The second kappa shape index (κ2) is 7.13. The van der Waals surface area contributed by atoms with Crippen molar-refractivity contribution in [1.29, 1.82) is 0 Å². The molecule has 0 saturated heterocycles. The van der Waals surface area contributed by atoms with E-state index in [-0.39, 0.29) is 24.2 Å². The highest BCUT2D eigenvalue weighted by Crippen LogP contribution is 2.24. The normalized spacial score (nSPS) is 11.9. The van der Waals surface area contributed by atoms with Gasteiger partial charge in [-0.2, -0.15) is 0 Å². The summed E-state index contributed by atoms with van der Waals surface area (Å²) in [5.74, 6) is -0.412. The van der Waals surface area contributed by atoms with Gasteiger partial charge < -0.3 is 9.88 Å². The Labute approximate surface area is 140 Å². The van der Waals surface area contributed by atoms with Crippen molar-refractivity contribution in [1.82, 2.24) is 4.57 Å². The van der Waals surface area contributed by atoms with E-state index in [1.807, 2.05) is 66.3 Å². The topological polar surface area (TPSA) is 34.0 Å². The maximum atomic E-state index is 13.6. The van der Waals surface area contributed by atoms with Crippen LogP contribution in [0.5, 0.6) is 0 Å². The highest BCUT2D eigenvalue weighted by Gasteiger charge is 2.18. The molecule has 1 heterocycles. The van der Waals surface area contributed by atoms with E-state index >= 15 is 0 Å². The van der Waals surface area contributed by atoms with E-state index in [1.165, 1.54) is 12.1 Å². The summed E-state index contributed by atoms with van der Waals surface area (Å²) in [5.41, 5.74) is 2.67. The second-order valence-electron chi connectivity index (χ2n) is 5.82. The molecular weight excluding hydrogens is 303 g/mol. The molecule has 0 saturated carbocycles. The maximum Gasteiger partial charge on any atom is 0.226 e. The molecule has 3 nitrogen and oxygen atoms in total. The van der Waals surface area contributed by atoms with E-state index in [2.05, 4.69) is 5.32 Å². The fourth-order valence-corrected chi connectivity index (χ4v) is 2.69. The zero-order chi connectivity index (χ0) is 16.9. The van der Waals surface area contributed by atoms with Crippen LogP contribution in [-0.2, 0) is 4.79 Å². The van der Waals surface area contributed by atoms with Crippen LogP contribution in [-0.4, -0.2) is 10.5 Å². The highest BCUT2D eigenvalue weighted by molar-refractivity contribution is 5.91. The number of anilines is 1. The Morgan fingerprint density at radius 3 is 2.46 bits per heavy atom. The molecule has 0 unspecified atom stereocenters. The third-order valence-corrected chi connectivity index (χ3v) is 3.93. The lowest BCUT2D eigenvalue weighted by atomic mass is 10.0. The summed E-state index contributed by atoms with van der Waals surface area (Å²) < 4.78 is 15.5. The zero-order valence-electron chi connectivity index (χ0n) is 13.4. The van der Waals surface area contributed by atoms with E-state index in [9.17, 15) is 9.18 Å². The molecule has 0 spiro atoms. The summed E-state index contributed by atoms with van der Waals surface area (Å²) in [6, 6.07) is 17.6. The molecule has 0 aliphatic rings. The number of halogens is 1. The van der Waals surface area contributed by atoms with Gasteiger partial charge in [0.2, 0.25) is 5.91 Å². The van der Waals surface area contributed by atoms with Crippen LogP contribution in [0.1, 0.15) is 23.6 Å². The number of aromatic nitrogens is 1. The summed E-state index contributed by atoms with van der Waals surface area (Å²) in [4.78, 5) is 12.4. The van der Waals surface area contributed by atoms with Crippen molar-refractivity contribution >= 4 is 11.6 Å². The van der Waals surface area contributed by atoms with Gasteiger partial charge in [0.25, 0.3) is 0 Å². The van der Waals surface area contributed by atoms with E-state index < -0.39 is 0 Å². The smallest absolute Gasteiger partial charge is 0.226 e. The maximum absolute atomic E-state index is 13.6. The Kier molecular flexibility index (Phi) is 4.75. The third-order valence-electron chi connectivity index (χ3n) is 3.93. The van der Waals surface area contributed by atoms with Gasteiger partial charge in [0, 0.05) is 18.1 Å². The predicted molar refractivity (Wildman–Crippen MR) is 93.4 cm³/mol. The van der Waals surface area contributed by atoms with Gasteiger partial charge in [-0.05, 0) is 48.9 Å². The van der Waals surface area contributed by atoms with Crippen molar-refractivity contribution in [2.75, 3.05) is 5.32 Å². The fraction of sp³-hybridized carbons (Fsp3) is 0.150. The number of nitrogens with zero attached hydrogens (tertiary/aromatic N) is 1. The Morgan fingerprint density at radius 1 is 1.08 bits per heavy atom. The molecule has 24 heavy (non-hydrogen) atoms. The van der Waals surface area contributed by atoms with Crippen molar-refractivity contribution < 1.29 is 9.18 Å².